The van der Waals surface area contributed by atoms with Crippen LogP contribution in [0.2, 0.25) is 0 Å². The minimum Gasteiger partial charge on any atom is -0.497 e. The second-order valence-corrected chi connectivity index (χ2v) is 9.80. The molecular weight excluding hydrogens is 442 g/mol. The van der Waals surface area contributed by atoms with E-state index in [1.54, 1.807) is 13.2 Å². The summed E-state index contributed by atoms with van der Waals surface area (Å²) in [5.41, 5.74) is 3.87. The van der Waals surface area contributed by atoms with Gasteiger partial charge in [0.2, 0.25) is 0 Å². The van der Waals surface area contributed by atoms with Crippen LogP contribution in [0.3, 0.4) is 0 Å². The fraction of sp³-hybridized carbons (Fsp3) is 0.345. The zero-order valence-electron chi connectivity index (χ0n) is 20.7. The van der Waals surface area contributed by atoms with Gasteiger partial charge in [-0.05, 0) is 74.1 Å². The smallest absolute Gasteiger partial charge is 0.412 e. The van der Waals surface area contributed by atoms with Crippen LogP contribution in [0.1, 0.15) is 61.5 Å². The first kappa shape index (κ1) is 24.6. The summed E-state index contributed by atoms with van der Waals surface area (Å²) in [6.45, 7) is 5.95. The van der Waals surface area contributed by atoms with E-state index in [-0.39, 0.29) is 5.92 Å². The van der Waals surface area contributed by atoms with Gasteiger partial charge in [-0.15, -0.1) is 0 Å². The largest absolute Gasteiger partial charge is 0.497 e. The Labute approximate surface area is 206 Å². The van der Waals surface area contributed by atoms with Crippen LogP contribution in [0.15, 0.2) is 66.7 Å². The summed E-state index contributed by atoms with van der Waals surface area (Å²) in [7, 11) is 1.58. The van der Waals surface area contributed by atoms with Crippen molar-refractivity contribution in [2.75, 3.05) is 12.4 Å². The van der Waals surface area contributed by atoms with Crippen molar-refractivity contribution in [2.45, 2.75) is 57.8 Å². The van der Waals surface area contributed by atoms with Gasteiger partial charge in [0.05, 0.1) is 18.9 Å². The first-order chi connectivity index (χ1) is 16.7. The Hall–Kier alpha value is -3.51. The van der Waals surface area contributed by atoms with Gasteiger partial charge >= 0.3 is 6.09 Å². The van der Waals surface area contributed by atoms with E-state index in [0.29, 0.717) is 18.0 Å². The Morgan fingerprint density at radius 2 is 1.71 bits per heavy atom. The second-order valence-electron chi connectivity index (χ2n) is 9.80. The molecule has 0 spiro atoms. The molecule has 3 aromatic rings. The molecule has 0 aromatic heterocycles. The first-order valence-electron chi connectivity index (χ1n) is 11.9. The Kier molecular flexibility index (Phi) is 7.31. The summed E-state index contributed by atoms with van der Waals surface area (Å²) in [5, 5.41) is 14.2. The molecule has 1 aliphatic rings. The highest BCUT2D eigenvalue weighted by Gasteiger charge is 2.32. The van der Waals surface area contributed by atoms with E-state index in [9.17, 15) is 9.90 Å². The summed E-state index contributed by atoms with van der Waals surface area (Å²) < 4.78 is 16.8. The fourth-order valence-corrected chi connectivity index (χ4v) is 4.44. The SMILES string of the molecule is COc1ccc([C@@H]2CCc3cc(OCc4ccccc4)ccc3[C@@H]2O)c(NC(=O)OC(C)(C)C)c1. The number of methoxy groups -OCH3 is 1. The average molecular weight is 476 g/mol. The molecule has 1 amide bonds. The van der Waals surface area contributed by atoms with E-state index in [1.165, 1.54) is 0 Å². The summed E-state index contributed by atoms with van der Waals surface area (Å²) >= 11 is 0. The second kappa shape index (κ2) is 10.4. The van der Waals surface area contributed by atoms with Crippen molar-refractivity contribution in [1.29, 1.82) is 0 Å². The number of fused-ring (bicyclic) bond motifs is 1. The Morgan fingerprint density at radius 1 is 1.00 bits per heavy atom. The summed E-state index contributed by atoms with van der Waals surface area (Å²) in [4.78, 5) is 12.5. The van der Waals surface area contributed by atoms with E-state index in [4.69, 9.17) is 14.2 Å². The number of rotatable bonds is 6. The van der Waals surface area contributed by atoms with Gasteiger partial charge in [-0.2, -0.15) is 0 Å². The Balaban J connectivity index is 1.54. The molecule has 0 aliphatic heterocycles. The molecule has 0 fully saturated rings. The van der Waals surface area contributed by atoms with E-state index in [1.807, 2.05) is 81.4 Å². The number of ether oxygens (including phenoxy) is 3. The number of carbonyl (C=O) groups is 1. The number of carbonyl (C=O) groups excluding carboxylic acids is 1. The van der Waals surface area contributed by atoms with E-state index in [2.05, 4.69) is 5.32 Å². The number of amides is 1. The van der Waals surface area contributed by atoms with Crippen LogP contribution in [0, 0.1) is 0 Å². The predicted octanol–water partition coefficient (Wildman–Crippen LogP) is 6.38. The van der Waals surface area contributed by atoms with Crippen LogP contribution in [-0.2, 0) is 17.8 Å². The topological polar surface area (TPSA) is 77.0 Å². The maximum Gasteiger partial charge on any atom is 0.412 e. The van der Waals surface area contributed by atoms with Crippen molar-refractivity contribution in [3.63, 3.8) is 0 Å². The van der Waals surface area contributed by atoms with Gasteiger partial charge < -0.3 is 19.3 Å². The number of aliphatic hydroxyl groups excluding tert-OH is 1. The lowest BCUT2D eigenvalue weighted by Crippen LogP contribution is -2.28. The molecule has 6 nitrogen and oxygen atoms in total. The maximum atomic E-state index is 12.5. The predicted molar refractivity (Wildman–Crippen MR) is 136 cm³/mol. The van der Waals surface area contributed by atoms with Crippen LogP contribution in [0.25, 0.3) is 0 Å². The molecule has 0 saturated carbocycles. The third-order valence-electron chi connectivity index (χ3n) is 6.08. The van der Waals surface area contributed by atoms with Gasteiger partial charge in [-0.1, -0.05) is 42.5 Å². The standard InChI is InChI=1S/C29H33NO5/c1-29(2,3)35-28(32)30-26-17-21(33-4)11-15-24(26)25-13-10-20-16-22(12-14-23(20)27(25)31)34-18-19-8-6-5-7-9-19/h5-9,11-12,14-17,25,27,31H,10,13,18H2,1-4H3,(H,30,32)/t25-,27-/m0/s1. The summed E-state index contributed by atoms with van der Waals surface area (Å²) in [6, 6.07) is 21.4. The molecule has 0 saturated heterocycles. The molecule has 6 heteroatoms. The number of hydrogen-bond donors (Lipinski definition) is 2. The highest BCUT2D eigenvalue weighted by molar-refractivity contribution is 5.86. The zero-order chi connectivity index (χ0) is 25.0. The third-order valence-corrected chi connectivity index (χ3v) is 6.08. The average Bonchev–Trinajstić information content (AvgIpc) is 2.82. The van der Waals surface area contributed by atoms with Crippen LogP contribution >= 0.6 is 0 Å². The van der Waals surface area contributed by atoms with E-state index >= 15 is 0 Å². The highest BCUT2D eigenvalue weighted by Crippen LogP contribution is 2.44. The molecular formula is C29H33NO5. The molecule has 35 heavy (non-hydrogen) atoms. The quantitative estimate of drug-likeness (QED) is 0.432. The molecule has 0 unspecified atom stereocenters. The lowest BCUT2D eigenvalue weighted by Gasteiger charge is -2.32. The zero-order valence-corrected chi connectivity index (χ0v) is 20.7. The molecule has 2 N–H and O–H groups in total. The van der Waals surface area contributed by atoms with Crippen molar-refractivity contribution >= 4 is 11.8 Å². The highest BCUT2D eigenvalue weighted by atomic mass is 16.6. The van der Waals surface area contributed by atoms with Crippen LogP contribution in [-0.4, -0.2) is 23.9 Å². The summed E-state index contributed by atoms with van der Waals surface area (Å²) in [5.74, 6) is 1.22. The number of nitrogens with one attached hydrogen (secondary N) is 1. The number of aliphatic hydroxyl groups is 1. The minimum atomic E-state index is -0.713. The van der Waals surface area contributed by atoms with Gasteiger partial charge in [0.25, 0.3) is 0 Å². The Morgan fingerprint density at radius 3 is 2.43 bits per heavy atom. The van der Waals surface area contributed by atoms with Crippen molar-refractivity contribution in [3.8, 4) is 11.5 Å². The van der Waals surface area contributed by atoms with Gasteiger partial charge in [0, 0.05) is 12.0 Å². The first-order valence-corrected chi connectivity index (χ1v) is 11.9. The van der Waals surface area contributed by atoms with Crippen molar-refractivity contribution in [2.24, 2.45) is 0 Å². The molecule has 3 aromatic carbocycles. The van der Waals surface area contributed by atoms with Crippen molar-refractivity contribution in [1.82, 2.24) is 0 Å². The summed E-state index contributed by atoms with van der Waals surface area (Å²) in [6.07, 6.45) is 0.260. The number of hydrogen-bond acceptors (Lipinski definition) is 5. The number of anilines is 1. The Bertz CT molecular complexity index is 1170. The molecule has 4 rings (SSSR count). The molecule has 184 valence electrons. The van der Waals surface area contributed by atoms with Crippen LogP contribution < -0.4 is 14.8 Å². The van der Waals surface area contributed by atoms with Gasteiger partial charge in [0.15, 0.2) is 0 Å². The lowest BCUT2D eigenvalue weighted by molar-refractivity contribution is 0.0635. The minimum absolute atomic E-state index is 0.186. The maximum absolute atomic E-state index is 12.5. The fourth-order valence-electron chi connectivity index (χ4n) is 4.44. The van der Waals surface area contributed by atoms with Crippen molar-refractivity contribution < 1.29 is 24.1 Å². The normalized spacial score (nSPS) is 17.3. The van der Waals surface area contributed by atoms with Crippen molar-refractivity contribution in [3.05, 3.63) is 89.0 Å². The van der Waals surface area contributed by atoms with E-state index < -0.39 is 17.8 Å². The third kappa shape index (κ3) is 6.14. The molecule has 0 radical (unpaired) electrons. The van der Waals surface area contributed by atoms with Gasteiger partial charge in [0.1, 0.15) is 23.7 Å². The molecule has 0 bridgehead atoms. The lowest BCUT2D eigenvalue weighted by atomic mass is 9.77. The van der Waals surface area contributed by atoms with Crippen LogP contribution in [0.5, 0.6) is 11.5 Å². The van der Waals surface area contributed by atoms with Crippen LogP contribution in [0.4, 0.5) is 10.5 Å². The molecule has 2 atom stereocenters. The number of aryl methyl sites for hydroxylation is 1. The number of benzene rings is 3. The molecule has 1 aliphatic carbocycles. The van der Waals surface area contributed by atoms with E-state index in [0.717, 1.165) is 40.8 Å². The monoisotopic (exact) mass is 475 g/mol. The van der Waals surface area contributed by atoms with Gasteiger partial charge in [-0.25, -0.2) is 4.79 Å². The van der Waals surface area contributed by atoms with Gasteiger partial charge in [-0.3, -0.25) is 5.32 Å². The molecule has 0 heterocycles.